The number of carbonyl (C=O) groups is 1. The number of rotatable bonds is 2. The summed E-state index contributed by atoms with van der Waals surface area (Å²) in [5.41, 5.74) is 0.00961. The van der Waals surface area contributed by atoms with Crippen LogP contribution in [-0.4, -0.2) is 30.3 Å². The standard InChI is InChI=1S/C12H9BrF2O3.CH3F/c1-12(14,15)10-8(11(16)17)5-6-4-7(13)2-3-9(6)18-10;1-2/h2-5,10H,1H3,(H,16,17);1H3. The number of benzene rings is 1. The third kappa shape index (κ3) is 3.53. The van der Waals surface area contributed by atoms with Crippen molar-refractivity contribution in [2.24, 2.45) is 0 Å². The first-order valence-corrected chi connectivity index (χ1v) is 6.25. The Balaban J connectivity index is 0.000000956. The molecule has 1 heterocycles. The molecule has 20 heavy (non-hydrogen) atoms. The van der Waals surface area contributed by atoms with Gasteiger partial charge in [-0.05, 0) is 24.3 Å². The highest BCUT2D eigenvalue weighted by molar-refractivity contribution is 9.10. The highest BCUT2D eigenvalue weighted by Crippen LogP contribution is 2.37. The molecule has 3 nitrogen and oxygen atoms in total. The van der Waals surface area contributed by atoms with Crippen LogP contribution in [0.4, 0.5) is 13.2 Å². The number of hydrogen-bond donors (Lipinski definition) is 1. The molecule has 1 aliphatic rings. The first-order valence-electron chi connectivity index (χ1n) is 5.46. The molecule has 110 valence electrons. The van der Waals surface area contributed by atoms with Crippen molar-refractivity contribution in [3.8, 4) is 5.75 Å². The van der Waals surface area contributed by atoms with E-state index in [9.17, 15) is 18.0 Å². The van der Waals surface area contributed by atoms with E-state index >= 15 is 0 Å². The predicted octanol–water partition coefficient (Wildman–Crippen LogP) is 3.92. The number of alkyl halides is 3. The van der Waals surface area contributed by atoms with Gasteiger partial charge in [0.15, 0.2) is 6.10 Å². The molecular formula is C13H12BrF3O3. The number of halogens is 4. The number of carboxylic acid groups (broad SMARTS) is 1. The van der Waals surface area contributed by atoms with Crippen LogP contribution in [0.2, 0.25) is 0 Å². The first-order chi connectivity index (χ1) is 9.29. The van der Waals surface area contributed by atoms with Gasteiger partial charge in [0.05, 0.1) is 12.8 Å². The highest BCUT2D eigenvalue weighted by atomic mass is 79.9. The summed E-state index contributed by atoms with van der Waals surface area (Å²) in [6.07, 6.45) is -0.558. The summed E-state index contributed by atoms with van der Waals surface area (Å²) < 4.78 is 42.0. The molecule has 0 fully saturated rings. The average molecular weight is 353 g/mol. The maximum absolute atomic E-state index is 13.4. The van der Waals surface area contributed by atoms with Gasteiger partial charge in [-0.1, -0.05) is 15.9 Å². The summed E-state index contributed by atoms with van der Waals surface area (Å²) in [4.78, 5) is 11.0. The van der Waals surface area contributed by atoms with E-state index in [-0.39, 0.29) is 5.75 Å². The fourth-order valence-electron chi connectivity index (χ4n) is 1.72. The lowest BCUT2D eigenvalue weighted by Gasteiger charge is -2.29. The zero-order valence-corrected chi connectivity index (χ0v) is 12.2. The normalized spacial score (nSPS) is 17.1. The Morgan fingerprint density at radius 3 is 2.50 bits per heavy atom. The van der Waals surface area contributed by atoms with E-state index in [1.54, 1.807) is 12.1 Å². The van der Waals surface area contributed by atoms with Crippen molar-refractivity contribution in [2.75, 3.05) is 7.18 Å². The summed E-state index contributed by atoms with van der Waals surface area (Å²) in [6.45, 7) is 0.637. The smallest absolute Gasteiger partial charge is 0.335 e. The maximum Gasteiger partial charge on any atom is 0.335 e. The number of aliphatic carboxylic acids is 1. The highest BCUT2D eigenvalue weighted by Gasteiger charge is 2.43. The van der Waals surface area contributed by atoms with E-state index < -0.39 is 23.6 Å². The fraction of sp³-hybridized carbons (Fsp3) is 0.308. The van der Waals surface area contributed by atoms with Gasteiger partial charge >= 0.3 is 5.97 Å². The minimum absolute atomic E-state index is 0.245. The van der Waals surface area contributed by atoms with E-state index in [4.69, 9.17) is 9.84 Å². The van der Waals surface area contributed by atoms with Crippen LogP contribution in [0.25, 0.3) is 6.08 Å². The molecule has 1 atom stereocenters. The Morgan fingerprint density at radius 1 is 1.40 bits per heavy atom. The lowest BCUT2D eigenvalue weighted by Crippen LogP contribution is -2.41. The van der Waals surface area contributed by atoms with Crippen molar-refractivity contribution < 1.29 is 27.8 Å². The molecule has 0 spiro atoms. The molecule has 1 aromatic carbocycles. The van der Waals surface area contributed by atoms with Gasteiger partial charge in [0.1, 0.15) is 5.75 Å². The topological polar surface area (TPSA) is 46.5 Å². The third-order valence-corrected chi connectivity index (χ3v) is 3.01. The van der Waals surface area contributed by atoms with Gasteiger partial charge in [0.2, 0.25) is 0 Å². The Kier molecular flexibility index (Phi) is 5.21. The van der Waals surface area contributed by atoms with Gasteiger partial charge in [0.25, 0.3) is 5.92 Å². The Bertz CT molecular complexity index is 538. The molecule has 1 N–H and O–H groups in total. The largest absolute Gasteiger partial charge is 0.478 e. The minimum atomic E-state index is -3.27. The maximum atomic E-state index is 13.4. The van der Waals surface area contributed by atoms with Crippen LogP contribution in [-0.2, 0) is 4.79 Å². The van der Waals surface area contributed by atoms with Crippen LogP contribution in [0.1, 0.15) is 12.5 Å². The second-order valence-corrected chi connectivity index (χ2v) is 4.96. The monoisotopic (exact) mass is 352 g/mol. The summed E-state index contributed by atoms with van der Waals surface area (Å²) in [5.74, 6) is -4.43. The minimum Gasteiger partial charge on any atom is -0.478 e. The van der Waals surface area contributed by atoms with Crippen molar-refractivity contribution in [2.45, 2.75) is 19.0 Å². The summed E-state index contributed by atoms with van der Waals surface area (Å²) in [6, 6.07) is 4.78. The molecule has 1 aromatic rings. The molecule has 0 aliphatic carbocycles. The number of ether oxygens (including phenoxy) is 1. The zero-order chi connectivity index (χ0) is 15.5. The van der Waals surface area contributed by atoms with Crippen molar-refractivity contribution in [3.05, 3.63) is 33.8 Å². The summed E-state index contributed by atoms with van der Waals surface area (Å²) >= 11 is 3.22. The van der Waals surface area contributed by atoms with Crippen LogP contribution in [0.3, 0.4) is 0 Å². The van der Waals surface area contributed by atoms with Crippen molar-refractivity contribution >= 4 is 28.0 Å². The lowest BCUT2D eigenvalue weighted by molar-refractivity contribution is -0.137. The predicted molar refractivity (Wildman–Crippen MR) is 71.8 cm³/mol. The molecule has 0 saturated heterocycles. The Morgan fingerprint density at radius 2 is 2.00 bits per heavy atom. The molecule has 1 unspecified atom stereocenters. The van der Waals surface area contributed by atoms with Crippen LogP contribution in [0, 0.1) is 0 Å². The quantitative estimate of drug-likeness (QED) is 0.877. The average Bonchev–Trinajstić information content (AvgIpc) is 2.38. The van der Waals surface area contributed by atoms with Gasteiger partial charge in [0, 0.05) is 17.0 Å². The molecule has 7 heteroatoms. The Hall–Kier alpha value is -1.50. The van der Waals surface area contributed by atoms with Gasteiger partial charge in [-0.25, -0.2) is 13.6 Å². The second kappa shape index (κ2) is 6.30. The van der Waals surface area contributed by atoms with E-state index in [1.807, 2.05) is 0 Å². The van der Waals surface area contributed by atoms with Crippen LogP contribution >= 0.6 is 15.9 Å². The molecule has 0 radical (unpaired) electrons. The molecule has 1 aliphatic heterocycles. The van der Waals surface area contributed by atoms with Crippen molar-refractivity contribution in [3.63, 3.8) is 0 Å². The zero-order valence-electron chi connectivity index (χ0n) is 10.7. The van der Waals surface area contributed by atoms with Crippen molar-refractivity contribution in [1.82, 2.24) is 0 Å². The van der Waals surface area contributed by atoms with Gasteiger partial charge in [-0.3, -0.25) is 4.39 Å². The first kappa shape index (κ1) is 16.6. The van der Waals surface area contributed by atoms with Crippen LogP contribution in [0.5, 0.6) is 5.75 Å². The second-order valence-electron chi connectivity index (χ2n) is 4.04. The van der Waals surface area contributed by atoms with E-state index in [2.05, 4.69) is 15.9 Å². The molecule has 0 amide bonds. The van der Waals surface area contributed by atoms with E-state index in [0.29, 0.717) is 24.1 Å². The van der Waals surface area contributed by atoms with Crippen LogP contribution in [0.15, 0.2) is 28.2 Å². The third-order valence-electron chi connectivity index (χ3n) is 2.52. The number of hydrogen-bond acceptors (Lipinski definition) is 2. The van der Waals surface area contributed by atoms with Gasteiger partial charge < -0.3 is 9.84 Å². The van der Waals surface area contributed by atoms with Gasteiger partial charge in [-0.15, -0.1) is 0 Å². The lowest BCUT2D eigenvalue weighted by atomic mass is 9.98. The molecule has 2 rings (SSSR count). The number of carboxylic acids is 1. The molecule has 0 saturated carbocycles. The summed E-state index contributed by atoms with van der Waals surface area (Å²) in [5, 5.41) is 8.97. The van der Waals surface area contributed by atoms with E-state index in [1.165, 1.54) is 12.1 Å². The van der Waals surface area contributed by atoms with Crippen molar-refractivity contribution in [1.29, 1.82) is 0 Å². The fourth-order valence-corrected chi connectivity index (χ4v) is 2.10. The van der Waals surface area contributed by atoms with Crippen LogP contribution < -0.4 is 4.74 Å². The molecule has 0 aromatic heterocycles. The molecule has 0 bridgehead atoms. The summed E-state index contributed by atoms with van der Waals surface area (Å²) in [7, 11) is 0.500. The van der Waals surface area contributed by atoms with E-state index in [0.717, 1.165) is 0 Å². The molecular weight excluding hydrogens is 341 g/mol. The Labute approximate surface area is 122 Å². The van der Waals surface area contributed by atoms with Gasteiger partial charge in [-0.2, -0.15) is 0 Å². The SMILES string of the molecule is CC(F)(F)C1Oc2ccc(Br)cc2C=C1C(=O)O.CF. The number of fused-ring (bicyclic) bond motifs is 1.